The van der Waals surface area contributed by atoms with E-state index >= 15 is 0 Å². The van der Waals surface area contributed by atoms with Gasteiger partial charge < -0.3 is 10.5 Å². The Balaban J connectivity index is 2.02. The van der Waals surface area contributed by atoms with Crippen molar-refractivity contribution in [3.8, 4) is 0 Å². The van der Waals surface area contributed by atoms with Gasteiger partial charge in [-0.1, -0.05) is 0 Å². The van der Waals surface area contributed by atoms with E-state index in [1.165, 1.54) is 12.8 Å². The first-order valence-electron chi connectivity index (χ1n) is 6.20. The molecule has 2 aliphatic rings. The van der Waals surface area contributed by atoms with Crippen LogP contribution in [0.5, 0.6) is 0 Å². The molecule has 0 spiro atoms. The molecule has 2 rings (SSSR count). The van der Waals surface area contributed by atoms with Crippen molar-refractivity contribution in [3.63, 3.8) is 0 Å². The number of nitrogens with two attached hydrogens (primary N) is 1. The molecule has 3 heteroatoms. The molecule has 15 heavy (non-hydrogen) atoms. The van der Waals surface area contributed by atoms with E-state index in [4.69, 9.17) is 10.5 Å². The fourth-order valence-electron chi connectivity index (χ4n) is 2.78. The average molecular weight is 212 g/mol. The molecule has 0 aromatic carbocycles. The second-order valence-corrected chi connectivity index (χ2v) is 5.23. The number of rotatable bonds is 4. The second-order valence-electron chi connectivity index (χ2n) is 5.23. The quantitative estimate of drug-likeness (QED) is 0.761. The fourth-order valence-corrected chi connectivity index (χ4v) is 2.78. The number of hydrogen-bond donors (Lipinski definition) is 1. The van der Waals surface area contributed by atoms with Crippen LogP contribution in [0.1, 0.15) is 32.6 Å². The van der Waals surface area contributed by atoms with Gasteiger partial charge in [0.25, 0.3) is 0 Å². The van der Waals surface area contributed by atoms with Gasteiger partial charge in [-0.25, -0.2) is 0 Å². The minimum atomic E-state index is 0.209. The van der Waals surface area contributed by atoms with Crippen molar-refractivity contribution < 1.29 is 4.74 Å². The summed E-state index contributed by atoms with van der Waals surface area (Å²) < 4.78 is 5.45. The molecule has 0 radical (unpaired) electrons. The van der Waals surface area contributed by atoms with Crippen LogP contribution in [0.2, 0.25) is 0 Å². The Hall–Kier alpha value is -0.120. The van der Waals surface area contributed by atoms with Crippen LogP contribution in [0.15, 0.2) is 0 Å². The molecule has 0 aromatic rings. The van der Waals surface area contributed by atoms with Crippen LogP contribution in [0, 0.1) is 5.92 Å². The summed E-state index contributed by atoms with van der Waals surface area (Å²) in [4.78, 5) is 2.53. The van der Waals surface area contributed by atoms with Gasteiger partial charge >= 0.3 is 0 Å². The summed E-state index contributed by atoms with van der Waals surface area (Å²) in [5.74, 6) is 0.918. The van der Waals surface area contributed by atoms with Crippen molar-refractivity contribution in [2.75, 3.05) is 26.8 Å². The Morgan fingerprint density at radius 2 is 2.00 bits per heavy atom. The van der Waals surface area contributed by atoms with Crippen LogP contribution >= 0.6 is 0 Å². The summed E-state index contributed by atoms with van der Waals surface area (Å²) in [6, 6.07) is 0.687. The highest BCUT2D eigenvalue weighted by atomic mass is 16.5. The van der Waals surface area contributed by atoms with Crippen molar-refractivity contribution in [2.45, 2.75) is 44.2 Å². The maximum Gasteiger partial charge on any atom is 0.0484 e. The highest BCUT2D eigenvalue weighted by molar-refractivity contribution is 4.97. The van der Waals surface area contributed by atoms with E-state index < -0.39 is 0 Å². The third-order valence-electron chi connectivity index (χ3n) is 4.47. The molecule has 1 saturated heterocycles. The second kappa shape index (κ2) is 4.40. The molecule has 2 fully saturated rings. The third kappa shape index (κ3) is 2.19. The molecule has 0 bridgehead atoms. The predicted octanol–water partition coefficient (Wildman–Crippen LogP) is 1.22. The first kappa shape index (κ1) is 11.4. The van der Waals surface area contributed by atoms with E-state index in [9.17, 15) is 0 Å². The summed E-state index contributed by atoms with van der Waals surface area (Å²) in [5, 5.41) is 0. The Morgan fingerprint density at radius 3 is 2.47 bits per heavy atom. The number of hydrogen-bond acceptors (Lipinski definition) is 3. The van der Waals surface area contributed by atoms with Crippen molar-refractivity contribution in [1.29, 1.82) is 0 Å². The highest BCUT2D eigenvalue weighted by Crippen LogP contribution is 2.38. The maximum atomic E-state index is 6.00. The van der Waals surface area contributed by atoms with Crippen LogP contribution in [-0.2, 0) is 4.74 Å². The summed E-state index contributed by atoms with van der Waals surface area (Å²) in [6.45, 7) is 4.87. The summed E-state index contributed by atoms with van der Waals surface area (Å²) >= 11 is 0. The molecule has 0 aromatic heterocycles. The molecular formula is C12H24N2O. The summed E-state index contributed by atoms with van der Waals surface area (Å²) in [5.41, 5.74) is 6.21. The molecule has 88 valence electrons. The van der Waals surface area contributed by atoms with Crippen molar-refractivity contribution in [1.82, 2.24) is 4.90 Å². The molecular weight excluding hydrogens is 188 g/mol. The Kier molecular flexibility index (Phi) is 3.33. The lowest BCUT2D eigenvalue weighted by molar-refractivity contribution is -0.0311. The van der Waals surface area contributed by atoms with Crippen LogP contribution in [-0.4, -0.2) is 43.3 Å². The average Bonchev–Trinajstić information content (AvgIpc) is 3.12. The van der Waals surface area contributed by atoms with Gasteiger partial charge in [-0.05, 0) is 45.6 Å². The zero-order valence-corrected chi connectivity index (χ0v) is 10.0. The van der Waals surface area contributed by atoms with Crippen LogP contribution in [0.3, 0.4) is 0 Å². The Bertz CT molecular complexity index is 210. The van der Waals surface area contributed by atoms with Crippen molar-refractivity contribution in [3.05, 3.63) is 0 Å². The zero-order chi connectivity index (χ0) is 10.9. The molecule has 1 saturated carbocycles. The Labute approximate surface area is 93.0 Å². The molecule has 2 N–H and O–H groups in total. The first-order valence-corrected chi connectivity index (χ1v) is 6.20. The monoisotopic (exact) mass is 212 g/mol. The highest BCUT2D eigenvalue weighted by Gasteiger charge is 2.41. The third-order valence-corrected chi connectivity index (χ3v) is 4.47. The topological polar surface area (TPSA) is 38.5 Å². The Morgan fingerprint density at radius 1 is 1.40 bits per heavy atom. The molecule has 0 amide bonds. The van der Waals surface area contributed by atoms with Crippen LogP contribution in [0.4, 0.5) is 0 Å². The summed E-state index contributed by atoms with van der Waals surface area (Å²) in [6.07, 6.45) is 5.00. The standard InChI is InChI=1S/C12H24N2O/c1-10(11-3-4-11)14(2)12(9-13)5-7-15-8-6-12/h10-11H,3-9,13H2,1-2H3. The largest absolute Gasteiger partial charge is 0.381 e. The number of ether oxygens (including phenoxy) is 1. The molecule has 1 heterocycles. The predicted molar refractivity (Wildman–Crippen MR) is 61.8 cm³/mol. The van der Waals surface area contributed by atoms with Gasteiger partial charge in [0.15, 0.2) is 0 Å². The zero-order valence-electron chi connectivity index (χ0n) is 10.0. The van der Waals surface area contributed by atoms with E-state index in [1.54, 1.807) is 0 Å². The lowest BCUT2D eigenvalue weighted by atomic mass is 9.87. The molecule has 1 aliphatic carbocycles. The van der Waals surface area contributed by atoms with Gasteiger partial charge in [-0.15, -0.1) is 0 Å². The van der Waals surface area contributed by atoms with E-state index in [0.29, 0.717) is 6.04 Å². The molecule has 1 aliphatic heterocycles. The number of likely N-dealkylation sites (N-methyl/N-ethyl adjacent to an activating group) is 1. The lowest BCUT2D eigenvalue weighted by Crippen LogP contribution is -2.58. The maximum absolute atomic E-state index is 6.00. The van der Waals surface area contributed by atoms with E-state index in [0.717, 1.165) is 38.5 Å². The fraction of sp³-hybridized carbons (Fsp3) is 1.00. The van der Waals surface area contributed by atoms with Crippen molar-refractivity contribution >= 4 is 0 Å². The first-order chi connectivity index (χ1) is 7.19. The molecule has 3 nitrogen and oxygen atoms in total. The van der Waals surface area contributed by atoms with Crippen LogP contribution < -0.4 is 5.73 Å². The molecule has 1 unspecified atom stereocenters. The normalized spacial score (nSPS) is 28.0. The van der Waals surface area contributed by atoms with Gasteiger partial charge in [-0.2, -0.15) is 0 Å². The van der Waals surface area contributed by atoms with E-state index in [2.05, 4.69) is 18.9 Å². The van der Waals surface area contributed by atoms with E-state index in [1.807, 2.05) is 0 Å². The van der Waals surface area contributed by atoms with Crippen LogP contribution in [0.25, 0.3) is 0 Å². The SMILES string of the molecule is CC(C1CC1)N(C)C1(CN)CCOCC1. The van der Waals surface area contributed by atoms with Gasteiger partial charge in [0.2, 0.25) is 0 Å². The van der Waals surface area contributed by atoms with Gasteiger partial charge in [0.05, 0.1) is 0 Å². The minimum Gasteiger partial charge on any atom is -0.381 e. The van der Waals surface area contributed by atoms with Gasteiger partial charge in [-0.3, -0.25) is 4.90 Å². The van der Waals surface area contributed by atoms with Gasteiger partial charge in [0, 0.05) is 31.3 Å². The number of nitrogens with zero attached hydrogens (tertiary/aromatic N) is 1. The van der Waals surface area contributed by atoms with Crippen molar-refractivity contribution in [2.24, 2.45) is 11.7 Å². The summed E-state index contributed by atoms with van der Waals surface area (Å²) in [7, 11) is 2.25. The lowest BCUT2D eigenvalue weighted by Gasteiger charge is -2.47. The smallest absolute Gasteiger partial charge is 0.0484 e. The minimum absolute atomic E-state index is 0.209. The van der Waals surface area contributed by atoms with E-state index in [-0.39, 0.29) is 5.54 Å². The van der Waals surface area contributed by atoms with Gasteiger partial charge in [0.1, 0.15) is 0 Å². The molecule has 1 atom stereocenters.